The Labute approximate surface area is 109 Å². The van der Waals surface area contributed by atoms with Crippen molar-refractivity contribution >= 4 is 10.0 Å². The van der Waals surface area contributed by atoms with E-state index in [0.717, 1.165) is 0 Å². The summed E-state index contributed by atoms with van der Waals surface area (Å²) in [7, 11) is -2.13. The zero-order chi connectivity index (χ0) is 14.0. The number of nitrogens with one attached hydrogen (secondary N) is 2. The molecule has 2 heterocycles. The molecular formula is C9H14N6O3S. The minimum Gasteiger partial charge on any atom is -0.392 e. The molecule has 0 aromatic carbocycles. The van der Waals surface area contributed by atoms with Crippen LogP contribution in [0, 0.1) is 6.92 Å². The standard InChI is InChI=1S/C9H14N6O3S/c1-6-7(4-16)9(13-12-6)19(17,18)11-3-8-10-5-15(2)14-8/h5,11,16H,3-4H2,1-2H3,(H,12,13). The third-order valence-electron chi connectivity index (χ3n) is 2.52. The summed E-state index contributed by atoms with van der Waals surface area (Å²) in [6, 6.07) is 0. The fraction of sp³-hybridized carbons (Fsp3) is 0.444. The van der Waals surface area contributed by atoms with E-state index in [1.54, 1.807) is 14.0 Å². The lowest BCUT2D eigenvalue weighted by Gasteiger charge is -2.03. The lowest BCUT2D eigenvalue weighted by atomic mass is 10.3. The van der Waals surface area contributed by atoms with Crippen molar-refractivity contribution in [2.75, 3.05) is 0 Å². The minimum absolute atomic E-state index is 0.0417. The molecule has 104 valence electrons. The van der Waals surface area contributed by atoms with Crippen LogP contribution in [0.4, 0.5) is 0 Å². The first-order valence-electron chi connectivity index (χ1n) is 5.43. The van der Waals surface area contributed by atoms with Gasteiger partial charge < -0.3 is 5.11 Å². The van der Waals surface area contributed by atoms with Crippen molar-refractivity contribution in [3.63, 3.8) is 0 Å². The summed E-state index contributed by atoms with van der Waals surface area (Å²) in [4.78, 5) is 3.91. The molecule has 9 nitrogen and oxygen atoms in total. The molecule has 3 N–H and O–H groups in total. The zero-order valence-electron chi connectivity index (χ0n) is 10.5. The largest absolute Gasteiger partial charge is 0.392 e. The average molecular weight is 286 g/mol. The number of aliphatic hydroxyl groups is 1. The second-order valence-corrected chi connectivity index (χ2v) is 5.63. The van der Waals surface area contributed by atoms with E-state index in [2.05, 4.69) is 25.0 Å². The average Bonchev–Trinajstić information content (AvgIpc) is 2.93. The summed E-state index contributed by atoms with van der Waals surface area (Å²) in [5.41, 5.74) is 0.764. The maximum absolute atomic E-state index is 12.0. The van der Waals surface area contributed by atoms with E-state index in [1.165, 1.54) is 11.0 Å². The third kappa shape index (κ3) is 2.80. The summed E-state index contributed by atoms with van der Waals surface area (Å²) >= 11 is 0. The summed E-state index contributed by atoms with van der Waals surface area (Å²) < 4.78 is 27.9. The maximum atomic E-state index is 12.0. The van der Waals surface area contributed by atoms with E-state index in [-0.39, 0.29) is 17.1 Å². The Morgan fingerprint density at radius 2 is 2.26 bits per heavy atom. The van der Waals surface area contributed by atoms with Crippen LogP contribution in [-0.2, 0) is 30.2 Å². The van der Waals surface area contributed by atoms with Crippen LogP contribution in [0.15, 0.2) is 11.4 Å². The van der Waals surface area contributed by atoms with Crippen molar-refractivity contribution in [3.8, 4) is 0 Å². The molecule has 0 aliphatic heterocycles. The number of aliphatic hydroxyl groups excluding tert-OH is 1. The summed E-state index contributed by atoms with van der Waals surface area (Å²) in [5, 5.41) is 19.1. The van der Waals surface area contributed by atoms with E-state index in [1.807, 2.05) is 0 Å². The number of hydrogen-bond acceptors (Lipinski definition) is 6. The molecule has 0 saturated heterocycles. The van der Waals surface area contributed by atoms with Gasteiger partial charge >= 0.3 is 0 Å². The number of H-pyrrole nitrogens is 1. The minimum atomic E-state index is -3.81. The first-order chi connectivity index (χ1) is 8.94. The predicted molar refractivity (Wildman–Crippen MR) is 64.3 cm³/mol. The summed E-state index contributed by atoms with van der Waals surface area (Å²) in [6.45, 7) is 1.19. The normalized spacial score (nSPS) is 11.9. The molecule has 0 saturated carbocycles. The fourth-order valence-electron chi connectivity index (χ4n) is 1.53. The Balaban J connectivity index is 2.18. The molecule has 0 amide bonds. The van der Waals surface area contributed by atoms with Gasteiger partial charge in [-0.1, -0.05) is 0 Å². The third-order valence-corrected chi connectivity index (χ3v) is 3.89. The van der Waals surface area contributed by atoms with E-state index < -0.39 is 16.6 Å². The van der Waals surface area contributed by atoms with Gasteiger partial charge in [-0.25, -0.2) is 18.1 Å². The van der Waals surface area contributed by atoms with Crippen LogP contribution in [0.5, 0.6) is 0 Å². The van der Waals surface area contributed by atoms with Gasteiger partial charge in [0.25, 0.3) is 10.0 Å². The molecule has 19 heavy (non-hydrogen) atoms. The number of aromatic amines is 1. The lowest BCUT2D eigenvalue weighted by Crippen LogP contribution is -2.25. The molecule has 0 aliphatic carbocycles. The first kappa shape index (κ1) is 13.6. The molecular weight excluding hydrogens is 272 g/mol. The van der Waals surface area contributed by atoms with Crippen molar-refractivity contribution in [2.45, 2.75) is 25.1 Å². The van der Waals surface area contributed by atoms with Gasteiger partial charge in [0.2, 0.25) is 0 Å². The van der Waals surface area contributed by atoms with E-state index in [9.17, 15) is 8.42 Å². The maximum Gasteiger partial charge on any atom is 0.260 e. The molecule has 0 radical (unpaired) electrons. The van der Waals surface area contributed by atoms with Crippen LogP contribution < -0.4 is 4.72 Å². The van der Waals surface area contributed by atoms with Crippen molar-refractivity contribution in [1.29, 1.82) is 0 Å². The monoisotopic (exact) mass is 286 g/mol. The molecule has 0 aliphatic rings. The first-order valence-corrected chi connectivity index (χ1v) is 6.91. The topological polar surface area (TPSA) is 126 Å². The van der Waals surface area contributed by atoms with Crippen LogP contribution >= 0.6 is 0 Å². The van der Waals surface area contributed by atoms with Crippen molar-refractivity contribution in [3.05, 3.63) is 23.4 Å². The van der Waals surface area contributed by atoms with Gasteiger partial charge in [0.15, 0.2) is 10.9 Å². The van der Waals surface area contributed by atoms with Gasteiger partial charge in [-0.2, -0.15) is 10.2 Å². The van der Waals surface area contributed by atoms with Crippen LogP contribution in [0.3, 0.4) is 0 Å². The van der Waals surface area contributed by atoms with Crippen LogP contribution in [0.25, 0.3) is 0 Å². The number of aromatic nitrogens is 5. The Hall–Kier alpha value is -1.78. The Morgan fingerprint density at radius 3 is 2.84 bits per heavy atom. The van der Waals surface area contributed by atoms with Gasteiger partial charge in [0, 0.05) is 18.3 Å². The highest BCUT2D eigenvalue weighted by Crippen LogP contribution is 2.15. The van der Waals surface area contributed by atoms with E-state index in [0.29, 0.717) is 11.5 Å². The molecule has 2 rings (SSSR count). The number of aryl methyl sites for hydroxylation is 2. The number of hydrogen-bond donors (Lipinski definition) is 3. The molecule has 0 unspecified atom stereocenters. The molecule has 10 heteroatoms. The second-order valence-electron chi connectivity index (χ2n) is 3.95. The van der Waals surface area contributed by atoms with Gasteiger partial charge in [0.1, 0.15) is 6.33 Å². The van der Waals surface area contributed by atoms with E-state index in [4.69, 9.17) is 5.11 Å². The highest BCUT2D eigenvalue weighted by atomic mass is 32.2. The van der Waals surface area contributed by atoms with Crippen LogP contribution in [0.2, 0.25) is 0 Å². The van der Waals surface area contributed by atoms with Gasteiger partial charge in [-0.15, -0.1) is 0 Å². The zero-order valence-corrected chi connectivity index (χ0v) is 11.3. The number of nitrogens with zero attached hydrogens (tertiary/aromatic N) is 4. The van der Waals surface area contributed by atoms with Crippen LogP contribution in [-0.4, -0.2) is 38.5 Å². The lowest BCUT2D eigenvalue weighted by molar-refractivity contribution is 0.277. The van der Waals surface area contributed by atoms with Crippen molar-refractivity contribution in [1.82, 2.24) is 29.7 Å². The van der Waals surface area contributed by atoms with Gasteiger partial charge in [-0.3, -0.25) is 9.78 Å². The highest BCUT2D eigenvalue weighted by Gasteiger charge is 2.23. The molecule has 2 aromatic heterocycles. The predicted octanol–water partition coefficient (Wildman–Crippen LogP) is -1.18. The quantitative estimate of drug-likeness (QED) is 0.635. The smallest absolute Gasteiger partial charge is 0.260 e. The van der Waals surface area contributed by atoms with Gasteiger partial charge in [0.05, 0.1) is 13.2 Å². The van der Waals surface area contributed by atoms with Crippen molar-refractivity contribution in [2.24, 2.45) is 7.05 Å². The molecule has 2 aromatic rings. The fourth-order valence-corrected chi connectivity index (χ4v) is 2.70. The number of rotatable bonds is 5. The molecule has 0 fully saturated rings. The Bertz CT molecular complexity index is 674. The SMILES string of the molecule is Cc1[nH]nc(S(=O)(=O)NCc2ncn(C)n2)c1CO. The Morgan fingerprint density at radius 1 is 1.53 bits per heavy atom. The second kappa shape index (κ2) is 5.07. The number of sulfonamides is 1. The molecule has 0 spiro atoms. The summed E-state index contributed by atoms with van der Waals surface area (Å²) in [5.74, 6) is 0.351. The van der Waals surface area contributed by atoms with Gasteiger partial charge in [-0.05, 0) is 6.92 Å². The summed E-state index contributed by atoms with van der Waals surface area (Å²) in [6.07, 6.45) is 1.47. The highest BCUT2D eigenvalue weighted by molar-refractivity contribution is 7.89. The molecule has 0 atom stereocenters. The molecule has 0 bridgehead atoms. The Kier molecular flexibility index (Phi) is 3.64. The van der Waals surface area contributed by atoms with Crippen LogP contribution in [0.1, 0.15) is 17.1 Å². The van der Waals surface area contributed by atoms with Crippen molar-refractivity contribution < 1.29 is 13.5 Å². The van der Waals surface area contributed by atoms with E-state index >= 15 is 0 Å².